The minimum absolute atomic E-state index is 0.0604. The van der Waals surface area contributed by atoms with Crippen molar-refractivity contribution in [1.29, 1.82) is 0 Å². The number of aromatic nitrogens is 12. The molecule has 32 nitrogen and oxygen atoms in total. The van der Waals surface area contributed by atoms with Gasteiger partial charge < -0.3 is 53.5 Å². The number of fused-ring (bicyclic) bond motifs is 4. The Morgan fingerprint density at radius 1 is 0.407 bits per heavy atom. The molecule has 36 heteroatoms. The molecule has 0 aliphatic heterocycles. The molecule has 0 aliphatic rings. The topological polar surface area (TPSA) is 395 Å². The van der Waals surface area contributed by atoms with Crippen LogP contribution in [0.25, 0.3) is 44.1 Å². The Kier molecular flexibility index (Phi) is 27.2. The largest absolute Gasteiger partial charge is 0.534 e. The second-order valence-corrected chi connectivity index (χ2v) is 26.5. The molecule has 0 fully saturated rings. The van der Waals surface area contributed by atoms with Crippen LogP contribution >= 0.6 is 0 Å². The van der Waals surface area contributed by atoms with E-state index in [1.165, 1.54) is 43.6 Å². The van der Waals surface area contributed by atoms with Crippen molar-refractivity contribution < 1.29 is 78.8 Å². The Labute approximate surface area is 668 Å². The van der Waals surface area contributed by atoms with Crippen LogP contribution in [0.2, 0.25) is 0 Å². The monoisotopic (exact) mass is 1630 g/mol. The van der Waals surface area contributed by atoms with Gasteiger partial charge >= 0.3 is 50.2 Å². The van der Waals surface area contributed by atoms with Crippen molar-refractivity contribution in [3.8, 4) is 11.5 Å². The van der Waals surface area contributed by atoms with Gasteiger partial charge in [-0.15, -0.1) is 18.9 Å². The fourth-order valence-electron chi connectivity index (χ4n) is 11.6. The molecule has 0 aliphatic carbocycles. The molecule has 0 amide bonds. The number of ether oxygens (including phenoxy) is 3. The van der Waals surface area contributed by atoms with Crippen LogP contribution in [-0.4, -0.2) is 116 Å². The lowest BCUT2D eigenvalue weighted by molar-refractivity contribution is -0.0500. The number of anilines is 4. The first-order valence-corrected chi connectivity index (χ1v) is 37.4. The molecule has 0 unspecified atom stereocenters. The van der Waals surface area contributed by atoms with Crippen molar-refractivity contribution in [3.05, 3.63) is 317 Å². The number of hydrogen-bond acceptors (Lipinski definition) is 28. The lowest BCUT2D eigenvalue weighted by atomic mass is 10.1. The number of alkyl halides is 3. The highest BCUT2D eigenvalue weighted by Gasteiger charge is 2.50. The van der Waals surface area contributed by atoms with Gasteiger partial charge in [-0.05, 0) is 95.0 Å². The van der Waals surface area contributed by atoms with Gasteiger partial charge in [0.25, 0.3) is 5.56 Å². The number of carbonyl (C=O) groups is 3. The number of benzene rings is 6. The summed E-state index contributed by atoms with van der Waals surface area (Å²) in [5, 5.41) is 17.9. The van der Waals surface area contributed by atoms with Gasteiger partial charge in [0.05, 0.1) is 75.5 Å². The van der Waals surface area contributed by atoms with Gasteiger partial charge in [0.15, 0.2) is 45.0 Å². The summed E-state index contributed by atoms with van der Waals surface area (Å²) < 4.78 is 85.3. The lowest BCUT2D eigenvalue weighted by Gasteiger charge is -2.18. The van der Waals surface area contributed by atoms with E-state index in [4.69, 9.17) is 33.6 Å². The predicted molar refractivity (Wildman–Crippen MR) is 426 cm³/mol. The Morgan fingerprint density at radius 3 is 1.13 bits per heavy atom. The van der Waals surface area contributed by atoms with E-state index in [2.05, 4.69) is 54.7 Å². The standard InChI is InChI=1S/C24H22N4O4.C21H18N4O2.C19H16F3N3O7S.C18H17N3O5/c1-3-31-24(30)20-21(27-18-12-8-5-9-13-18)19-16(2)25-15-26-22(19)28(23(20)29)32-14-17-10-6-4-7-11-17;1-15-20-18(24-17-10-6-3-7-11-17)12-19(26)25(21(20)23-14-22-15)27-13-16-8-4-2-5-9-16;1-3-30-18(27)14-15(32-33(28,29)19(20,21)22)13-11(2)23-10-24-16(13)25(17(14)26)31-9-12-7-5-4-6-8-12;1-3-25-18(24)14-15(22)13-11(2)19-10-20-16(13)21(17(14)23)26-9-12-7-5-4-6-8-12/h4-13,15,27H,3,14H2,1-2H3;2-12,14,24H,13H2,1H3;4-8,10H,3,9H2,1-2H3;4-8,10,22H,3,9H2,1-2H3. The number of aromatic hydroxyl groups is 1. The average Bonchev–Trinajstić information content (AvgIpc) is 0.750. The molecule has 14 rings (SSSR count). The van der Waals surface area contributed by atoms with Gasteiger partial charge in [-0.2, -0.15) is 21.6 Å². The molecule has 118 heavy (non-hydrogen) atoms. The van der Waals surface area contributed by atoms with E-state index in [1.807, 2.05) is 159 Å². The number of para-hydroxylation sites is 2. The first-order chi connectivity index (χ1) is 56.8. The zero-order chi connectivity index (χ0) is 84.2. The van der Waals surface area contributed by atoms with Gasteiger partial charge in [-0.1, -0.05) is 158 Å². The summed E-state index contributed by atoms with van der Waals surface area (Å²) in [6.07, 6.45) is 5.02. The summed E-state index contributed by atoms with van der Waals surface area (Å²) in [4.78, 5) is 145. The van der Waals surface area contributed by atoms with Crippen LogP contribution in [0.4, 0.5) is 35.9 Å². The number of hydrogen-bond donors (Lipinski definition) is 3. The maximum atomic E-state index is 13.5. The maximum absolute atomic E-state index is 13.5. The van der Waals surface area contributed by atoms with Crippen molar-refractivity contribution in [1.82, 2.24) is 58.8 Å². The normalized spacial score (nSPS) is 11.0. The Morgan fingerprint density at radius 2 is 0.720 bits per heavy atom. The second kappa shape index (κ2) is 38.2. The lowest BCUT2D eigenvalue weighted by Crippen LogP contribution is -2.35. The molecule has 0 atom stereocenters. The van der Waals surface area contributed by atoms with E-state index in [0.29, 0.717) is 44.1 Å². The molecule has 0 spiro atoms. The Balaban J connectivity index is 0.000000155. The van der Waals surface area contributed by atoms with Gasteiger partial charge in [0, 0.05) is 17.4 Å². The van der Waals surface area contributed by atoms with Crippen LogP contribution in [0.3, 0.4) is 0 Å². The van der Waals surface area contributed by atoms with Crippen LogP contribution in [0.1, 0.15) is 96.9 Å². The van der Waals surface area contributed by atoms with Crippen molar-refractivity contribution in [2.75, 3.05) is 30.5 Å². The summed E-state index contributed by atoms with van der Waals surface area (Å²) >= 11 is 0. The van der Waals surface area contributed by atoms with Crippen LogP contribution in [-0.2, 0) is 50.8 Å². The van der Waals surface area contributed by atoms with Gasteiger partial charge in [0.2, 0.25) is 0 Å². The molecule has 0 saturated carbocycles. The number of esters is 3. The smallest absolute Gasteiger partial charge is 0.506 e. The maximum Gasteiger partial charge on any atom is 0.534 e. The number of pyridine rings is 4. The molecule has 0 bridgehead atoms. The van der Waals surface area contributed by atoms with E-state index in [0.717, 1.165) is 49.2 Å². The summed E-state index contributed by atoms with van der Waals surface area (Å²) in [5.41, 5.74) is -3.00. The second-order valence-electron chi connectivity index (χ2n) is 25.0. The molecule has 3 N–H and O–H groups in total. The molecule has 606 valence electrons. The van der Waals surface area contributed by atoms with Crippen LogP contribution in [0, 0.1) is 27.7 Å². The highest BCUT2D eigenvalue weighted by molar-refractivity contribution is 7.88. The van der Waals surface area contributed by atoms with E-state index < -0.39 is 83.9 Å². The van der Waals surface area contributed by atoms with E-state index in [1.54, 1.807) is 58.0 Å². The molecule has 8 heterocycles. The zero-order valence-corrected chi connectivity index (χ0v) is 64.8. The predicted octanol–water partition coefficient (Wildman–Crippen LogP) is 10.9. The summed E-state index contributed by atoms with van der Waals surface area (Å²) in [6.45, 7) is 11.4. The van der Waals surface area contributed by atoms with Crippen molar-refractivity contribution in [2.45, 2.75) is 80.4 Å². The first kappa shape index (κ1) is 84.0. The number of aryl methyl sites for hydroxylation is 4. The number of rotatable bonds is 24. The molecule has 0 radical (unpaired) electrons. The highest BCUT2D eigenvalue weighted by Crippen LogP contribution is 2.36. The number of nitrogens with zero attached hydrogens (tertiary/aromatic N) is 12. The van der Waals surface area contributed by atoms with Crippen LogP contribution in [0.5, 0.6) is 11.5 Å². The Bertz CT molecular complexity index is 6340. The number of halogens is 3. The Hall–Kier alpha value is -15.0. The minimum atomic E-state index is -6.27. The third kappa shape index (κ3) is 19.4. The van der Waals surface area contributed by atoms with Crippen molar-refractivity contribution in [3.63, 3.8) is 0 Å². The molecular weight excluding hydrogens is 1560 g/mol. The molecular formula is C82H73F3N14O18S. The van der Waals surface area contributed by atoms with Crippen LogP contribution in [0.15, 0.2) is 233 Å². The molecule has 6 aromatic carbocycles. The fraction of sp³-hybridized carbons (Fsp3) is 0.183. The quantitative estimate of drug-likeness (QED) is 0.0219. The molecule has 8 aromatic heterocycles. The fourth-order valence-corrected chi connectivity index (χ4v) is 12.0. The zero-order valence-electron chi connectivity index (χ0n) is 64.0. The molecule has 14 aromatic rings. The van der Waals surface area contributed by atoms with Crippen LogP contribution < -0.4 is 56.4 Å². The van der Waals surface area contributed by atoms with E-state index >= 15 is 0 Å². The summed E-state index contributed by atoms with van der Waals surface area (Å²) in [7, 11) is -6.27. The summed E-state index contributed by atoms with van der Waals surface area (Å²) in [5.74, 6) is -4.82. The molecule has 0 saturated heterocycles. The minimum Gasteiger partial charge on any atom is -0.506 e. The summed E-state index contributed by atoms with van der Waals surface area (Å²) in [6, 6.07) is 57.2. The number of nitrogens with one attached hydrogen (secondary N) is 2. The first-order valence-electron chi connectivity index (χ1n) is 36.0. The van der Waals surface area contributed by atoms with Gasteiger partial charge in [-0.25, -0.2) is 54.3 Å². The van der Waals surface area contributed by atoms with Crippen molar-refractivity contribution in [2.24, 2.45) is 0 Å². The SMILES string of the molecule is CCOC(=O)c1c(Nc2ccccc2)c2c(C)ncnc2n(OCc2ccccc2)c1=O.CCOC(=O)c1c(O)c2c(C)ncnc2n(OCc2ccccc2)c1=O.CCOC(=O)c1c(OS(=O)(=O)C(F)(F)F)c2c(C)ncnc2n(OCc2ccccc2)c1=O.Cc1ncnc2c1c(Nc1ccccc1)cc(=O)n2OCc1ccccc1. The number of carbonyl (C=O) groups excluding carboxylic acids is 3. The van der Waals surface area contributed by atoms with E-state index in [-0.39, 0.29) is 85.4 Å². The van der Waals surface area contributed by atoms with E-state index in [9.17, 15) is 60.3 Å². The average molecular weight is 1630 g/mol. The third-order valence-corrected chi connectivity index (χ3v) is 18.0. The van der Waals surface area contributed by atoms with Gasteiger partial charge in [-0.3, -0.25) is 19.2 Å². The highest BCUT2D eigenvalue weighted by atomic mass is 32.2. The third-order valence-electron chi connectivity index (χ3n) is 17.0. The van der Waals surface area contributed by atoms with Gasteiger partial charge in [0.1, 0.15) is 57.5 Å². The van der Waals surface area contributed by atoms with Crippen molar-refractivity contribution >= 4 is 94.9 Å².